The summed E-state index contributed by atoms with van der Waals surface area (Å²) < 4.78 is 30.0. The van der Waals surface area contributed by atoms with Crippen molar-refractivity contribution in [2.45, 2.75) is 72.1 Å². The maximum absolute atomic E-state index is 13.4. The summed E-state index contributed by atoms with van der Waals surface area (Å²) in [7, 11) is -2.93. The fourth-order valence-corrected chi connectivity index (χ4v) is 6.78. The minimum absolute atomic E-state index is 0.0311. The van der Waals surface area contributed by atoms with Crippen LogP contribution >= 0.6 is 7.14 Å². The maximum atomic E-state index is 13.4. The molecule has 0 amide bonds. The van der Waals surface area contributed by atoms with Gasteiger partial charge in [0.05, 0.1) is 5.30 Å². The van der Waals surface area contributed by atoms with Crippen LogP contribution in [0.15, 0.2) is 12.1 Å². The Labute approximate surface area is 173 Å². The molecule has 0 aromatic heterocycles. The lowest BCUT2D eigenvalue weighted by Crippen LogP contribution is -2.36. The average molecular weight is 424 g/mol. The van der Waals surface area contributed by atoms with Gasteiger partial charge in [-0.25, -0.2) is 4.79 Å². The fourth-order valence-electron chi connectivity index (χ4n) is 4.35. The second kappa shape index (κ2) is 7.86. The first-order valence-electron chi connectivity index (χ1n) is 10.4. The Kier molecular flexibility index (Phi) is 5.97. The minimum Gasteiger partial charge on any atom is -0.507 e. The zero-order valence-electron chi connectivity index (χ0n) is 18.2. The van der Waals surface area contributed by atoms with Crippen LogP contribution in [0.3, 0.4) is 0 Å². The molecule has 162 valence electrons. The van der Waals surface area contributed by atoms with Gasteiger partial charge in [0.15, 0.2) is 7.14 Å². The Morgan fingerprint density at radius 2 is 1.97 bits per heavy atom. The van der Waals surface area contributed by atoms with E-state index in [0.717, 1.165) is 19.3 Å². The number of ether oxygens (including phenoxy) is 3. The molecule has 1 aliphatic heterocycles. The number of fused-ring (bicyclic) bond motifs is 1. The molecule has 0 radical (unpaired) electrons. The summed E-state index contributed by atoms with van der Waals surface area (Å²) in [4.78, 5) is 12.4. The quantitative estimate of drug-likeness (QED) is 0.392. The van der Waals surface area contributed by atoms with Crippen LogP contribution in [-0.4, -0.2) is 28.9 Å². The summed E-state index contributed by atoms with van der Waals surface area (Å²) in [5, 5.41) is 10.3. The van der Waals surface area contributed by atoms with Gasteiger partial charge in [0.1, 0.15) is 29.7 Å². The first-order valence-corrected chi connectivity index (χ1v) is 12.3. The van der Waals surface area contributed by atoms with Crippen LogP contribution in [0.4, 0.5) is 4.79 Å². The summed E-state index contributed by atoms with van der Waals surface area (Å²) >= 11 is 0. The van der Waals surface area contributed by atoms with E-state index in [0.29, 0.717) is 28.8 Å². The molecule has 29 heavy (non-hydrogen) atoms. The molecule has 0 bridgehead atoms. The highest BCUT2D eigenvalue weighted by Crippen LogP contribution is 2.63. The molecule has 2 unspecified atom stereocenters. The van der Waals surface area contributed by atoms with Gasteiger partial charge in [-0.3, -0.25) is 0 Å². The molecule has 6 nitrogen and oxygen atoms in total. The number of carbonyl (C=O) groups excluding carboxylic acids is 1. The standard InChI is InChI=1S/C22H33O6P/c1-13(2)16-8-7-14(3)9-18(16)28-21(24)27-15-10-17(23)20-19(11-15)26-12-29(20,25)22(4,5)6/h10-11,13-14,16,18,23H,7-9,12H2,1-6H3/t14-,16?,18-,29?/m0/s1. The normalized spacial score (nSPS) is 29.3. The molecule has 1 N–H and O–H groups in total. The summed E-state index contributed by atoms with van der Waals surface area (Å²) in [6.45, 7) is 12.1. The van der Waals surface area contributed by atoms with E-state index in [1.54, 1.807) is 0 Å². The highest BCUT2D eigenvalue weighted by Gasteiger charge is 2.47. The van der Waals surface area contributed by atoms with Gasteiger partial charge in [-0.15, -0.1) is 0 Å². The van der Waals surface area contributed by atoms with Crippen LogP contribution in [0.1, 0.15) is 60.8 Å². The summed E-state index contributed by atoms with van der Waals surface area (Å²) in [5.74, 6) is 1.49. The summed E-state index contributed by atoms with van der Waals surface area (Å²) in [5.41, 5.74) is 0. The smallest absolute Gasteiger partial charge is 0.507 e. The molecule has 7 heteroatoms. The number of phenolic OH excluding ortho intramolecular Hbond substituents is 1. The van der Waals surface area contributed by atoms with Crippen LogP contribution in [0.5, 0.6) is 17.2 Å². The van der Waals surface area contributed by atoms with E-state index in [4.69, 9.17) is 14.2 Å². The van der Waals surface area contributed by atoms with Crippen molar-refractivity contribution < 1.29 is 28.7 Å². The van der Waals surface area contributed by atoms with Crippen molar-refractivity contribution in [2.24, 2.45) is 17.8 Å². The molecule has 2 aliphatic rings. The Balaban J connectivity index is 1.75. The van der Waals surface area contributed by atoms with Crippen molar-refractivity contribution in [3.63, 3.8) is 0 Å². The van der Waals surface area contributed by atoms with E-state index in [-0.39, 0.29) is 24.0 Å². The number of hydrogen-bond donors (Lipinski definition) is 1. The van der Waals surface area contributed by atoms with Crippen molar-refractivity contribution in [3.8, 4) is 17.2 Å². The molecule has 0 saturated heterocycles. The average Bonchev–Trinajstić information content (AvgIpc) is 2.93. The largest absolute Gasteiger partial charge is 0.514 e. The third kappa shape index (κ3) is 4.28. The molecule has 1 aromatic carbocycles. The van der Waals surface area contributed by atoms with E-state index < -0.39 is 18.5 Å². The Bertz CT molecular complexity index is 825. The predicted molar refractivity (Wildman–Crippen MR) is 113 cm³/mol. The van der Waals surface area contributed by atoms with Gasteiger partial charge in [-0.1, -0.05) is 48.0 Å². The van der Waals surface area contributed by atoms with Crippen LogP contribution < -0.4 is 14.8 Å². The lowest BCUT2D eigenvalue weighted by atomic mass is 9.75. The monoisotopic (exact) mass is 424 g/mol. The predicted octanol–water partition coefficient (Wildman–Crippen LogP) is 5.51. The molecule has 1 heterocycles. The molecular formula is C22H33O6P. The lowest BCUT2D eigenvalue weighted by molar-refractivity contribution is -0.0136. The molecule has 4 atom stereocenters. The van der Waals surface area contributed by atoms with Gasteiger partial charge < -0.3 is 23.9 Å². The second-order valence-corrected chi connectivity index (χ2v) is 13.3. The van der Waals surface area contributed by atoms with Crippen molar-refractivity contribution in [2.75, 3.05) is 6.35 Å². The number of carbonyl (C=O) groups is 1. The van der Waals surface area contributed by atoms with Gasteiger partial charge in [-0.05, 0) is 30.6 Å². The zero-order chi connectivity index (χ0) is 21.6. The molecule has 1 aromatic rings. The van der Waals surface area contributed by atoms with Crippen molar-refractivity contribution in [1.82, 2.24) is 0 Å². The van der Waals surface area contributed by atoms with Crippen LogP contribution in [0, 0.1) is 17.8 Å². The molecule has 1 fully saturated rings. The Hall–Kier alpha value is -1.68. The van der Waals surface area contributed by atoms with Crippen molar-refractivity contribution >= 4 is 18.6 Å². The lowest BCUT2D eigenvalue weighted by Gasteiger charge is -2.36. The van der Waals surface area contributed by atoms with E-state index in [9.17, 15) is 14.5 Å². The van der Waals surface area contributed by atoms with E-state index >= 15 is 0 Å². The van der Waals surface area contributed by atoms with Gasteiger partial charge in [0, 0.05) is 17.3 Å². The molecule has 0 spiro atoms. The second-order valence-electron chi connectivity index (χ2n) is 9.81. The first kappa shape index (κ1) is 22.0. The highest BCUT2D eigenvalue weighted by atomic mass is 31.2. The Morgan fingerprint density at radius 3 is 2.59 bits per heavy atom. The summed E-state index contributed by atoms with van der Waals surface area (Å²) in [6.07, 6.45) is 2.07. The van der Waals surface area contributed by atoms with Crippen molar-refractivity contribution in [3.05, 3.63) is 12.1 Å². The number of benzene rings is 1. The van der Waals surface area contributed by atoms with Crippen LogP contribution in [-0.2, 0) is 9.30 Å². The maximum Gasteiger partial charge on any atom is 0.514 e. The molecule has 1 aliphatic carbocycles. The van der Waals surface area contributed by atoms with E-state index in [2.05, 4.69) is 20.8 Å². The number of aromatic hydroxyl groups is 1. The van der Waals surface area contributed by atoms with Crippen LogP contribution in [0.25, 0.3) is 0 Å². The van der Waals surface area contributed by atoms with Gasteiger partial charge in [0.25, 0.3) is 0 Å². The van der Waals surface area contributed by atoms with E-state index in [1.807, 2.05) is 20.8 Å². The zero-order valence-corrected chi connectivity index (χ0v) is 19.1. The molecule has 1 saturated carbocycles. The first-order chi connectivity index (χ1) is 13.4. The summed E-state index contributed by atoms with van der Waals surface area (Å²) in [6, 6.07) is 2.82. The van der Waals surface area contributed by atoms with Gasteiger partial charge in [0.2, 0.25) is 0 Å². The third-order valence-electron chi connectivity index (χ3n) is 6.29. The third-order valence-corrected chi connectivity index (χ3v) is 10.1. The van der Waals surface area contributed by atoms with Crippen LogP contribution in [0.2, 0.25) is 0 Å². The number of hydrogen-bond acceptors (Lipinski definition) is 6. The molecule has 3 rings (SSSR count). The topological polar surface area (TPSA) is 82.1 Å². The van der Waals surface area contributed by atoms with Gasteiger partial charge >= 0.3 is 6.16 Å². The SMILES string of the molecule is CC(C)C1CC[C@H](C)C[C@@H]1OC(=O)Oc1cc(O)c2c(c1)OCP2(=O)C(C)(C)C. The minimum atomic E-state index is -2.93. The number of phenols is 1. The molecular weight excluding hydrogens is 391 g/mol. The van der Waals surface area contributed by atoms with Crippen molar-refractivity contribution in [1.29, 1.82) is 0 Å². The Morgan fingerprint density at radius 1 is 1.28 bits per heavy atom. The highest BCUT2D eigenvalue weighted by molar-refractivity contribution is 7.73. The number of rotatable bonds is 3. The van der Waals surface area contributed by atoms with E-state index in [1.165, 1.54) is 12.1 Å². The fraction of sp³-hybridized carbons (Fsp3) is 0.682. The van der Waals surface area contributed by atoms with Gasteiger partial charge in [-0.2, -0.15) is 0 Å².